The normalized spacial score (nSPS) is 12.4. The molecule has 0 aliphatic carbocycles. The number of rotatable bonds is 5. The summed E-state index contributed by atoms with van der Waals surface area (Å²) in [6, 6.07) is 11.0. The highest BCUT2D eigenvalue weighted by atomic mass is 16.3. The molecule has 1 amide bonds. The van der Waals surface area contributed by atoms with Crippen LogP contribution < -0.4 is 5.32 Å². The second kappa shape index (κ2) is 6.27. The Hall–Kier alpha value is -3.35. The molecule has 1 N–H and O–H groups in total. The number of carbonyl (C=O) groups excluding carboxylic acids is 1. The Morgan fingerprint density at radius 1 is 1.24 bits per heavy atom. The maximum Gasteiger partial charge on any atom is 0.270 e. The molecule has 0 bridgehead atoms. The lowest BCUT2D eigenvalue weighted by Gasteiger charge is -2.16. The maximum atomic E-state index is 12.8. The van der Waals surface area contributed by atoms with Crippen molar-refractivity contribution in [3.63, 3.8) is 0 Å². The molecule has 0 spiro atoms. The van der Waals surface area contributed by atoms with Gasteiger partial charge in [-0.3, -0.25) is 13.9 Å². The van der Waals surface area contributed by atoms with Gasteiger partial charge in [0, 0.05) is 25.1 Å². The third-order valence-corrected chi connectivity index (χ3v) is 4.09. The van der Waals surface area contributed by atoms with Crippen LogP contribution in [0.4, 0.5) is 0 Å². The van der Waals surface area contributed by atoms with Crippen LogP contribution in [0.2, 0.25) is 0 Å². The minimum Gasteiger partial charge on any atom is -0.467 e. The summed E-state index contributed by atoms with van der Waals surface area (Å²) in [5.74, 6) is 0.554. The summed E-state index contributed by atoms with van der Waals surface area (Å²) >= 11 is 0. The van der Waals surface area contributed by atoms with Crippen molar-refractivity contribution in [3.8, 4) is 0 Å². The van der Waals surface area contributed by atoms with E-state index in [2.05, 4.69) is 15.4 Å². The summed E-state index contributed by atoms with van der Waals surface area (Å²) in [7, 11) is 0. The van der Waals surface area contributed by atoms with Crippen molar-refractivity contribution >= 4 is 11.6 Å². The van der Waals surface area contributed by atoms with E-state index < -0.39 is 0 Å². The summed E-state index contributed by atoms with van der Waals surface area (Å²) in [5, 5.41) is 7.24. The number of nitrogens with zero attached hydrogens (tertiary/aromatic N) is 4. The van der Waals surface area contributed by atoms with Gasteiger partial charge in [-0.1, -0.05) is 6.07 Å². The molecule has 25 heavy (non-hydrogen) atoms. The number of furan rings is 1. The van der Waals surface area contributed by atoms with Gasteiger partial charge in [0.1, 0.15) is 23.1 Å². The first-order valence-corrected chi connectivity index (χ1v) is 7.98. The molecule has 4 rings (SSSR count). The monoisotopic (exact) mass is 335 g/mol. The molecule has 0 fully saturated rings. The number of hydrogen-bond donors (Lipinski definition) is 1. The zero-order valence-electron chi connectivity index (χ0n) is 13.7. The Bertz CT molecular complexity index is 952. The average Bonchev–Trinajstić information content (AvgIpc) is 3.35. The van der Waals surface area contributed by atoms with Crippen molar-refractivity contribution in [1.82, 2.24) is 24.5 Å². The fraction of sp³-hybridized carbons (Fsp3) is 0.167. The highest BCUT2D eigenvalue weighted by Gasteiger charge is 2.21. The van der Waals surface area contributed by atoms with Gasteiger partial charge in [-0.2, -0.15) is 5.10 Å². The first-order valence-electron chi connectivity index (χ1n) is 7.98. The fourth-order valence-corrected chi connectivity index (χ4v) is 2.93. The number of fused-ring (bicyclic) bond motifs is 1. The smallest absolute Gasteiger partial charge is 0.270 e. The van der Waals surface area contributed by atoms with Crippen molar-refractivity contribution < 1.29 is 9.21 Å². The van der Waals surface area contributed by atoms with E-state index in [0.717, 1.165) is 11.4 Å². The molecule has 126 valence electrons. The van der Waals surface area contributed by atoms with E-state index in [1.54, 1.807) is 21.5 Å². The van der Waals surface area contributed by atoms with E-state index in [4.69, 9.17) is 4.42 Å². The molecule has 7 nitrogen and oxygen atoms in total. The Kier molecular flexibility index (Phi) is 3.81. The molecule has 4 aromatic heterocycles. The molecule has 0 aliphatic heterocycles. The molecule has 7 heteroatoms. The van der Waals surface area contributed by atoms with Crippen LogP contribution in [0.3, 0.4) is 0 Å². The van der Waals surface area contributed by atoms with E-state index in [9.17, 15) is 4.79 Å². The zero-order chi connectivity index (χ0) is 17.2. The van der Waals surface area contributed by atoms with Crippen molar-refractivity contribution in [3.05, 3.63) is 78.4 Å². The van der Waals surface area contributed by atoms with Crippen LogP contribution in [0.25, 0.3) is 5.65 Å². The van der Waals surface area contributed by atoms with Gasteiger partial charge >= 0.3 is 0 Å². The van der Waals surface area contributed by atoms with E-state index in [-0.39, 0.29) is 11.9 Å². The number of imidazole rings is 1. The first-order chi connectivity index (χ1) is 12.2. The third kappa shape index (κ3) is 2.80. The standard InChI is InChI=1S/C18H17N5O2/c1-13-17(22-9-3-2-7-16(22)21-13)18(24)19-12-14(15-6-4-11-25-15)23-10-5-8-20-23/h2-11,14H,12H2,1H3,(H,19,24). The summed E-state index contributed by atoms with van der Waals surface area (Å²) < 4.78 is 9.06. The Balaban J connectivity index is 1.58. The molecule has 0 aliphatic rings. The Morgan fingerprint density at radius 2 is 2.16 bits per heavy atom. The first kappa shape index (κ1) is 15.2. The number of aromatic nitrogens is 4. The van der Waals surface area contributed by atoms with Crippen molar-refractivity contribution in [1.29, 1.82) is 0 Å². The van der Waals surface area contributed by atoms with Gasteiger partial charge in [0.25, 0.3) is 5.91 Å². The SMILES string of the molecule is Cc1nc2ccccn2c1C(=O)NCC(c1ccco1)n1cccn1. The van der Waals surface area contributed by atoms with Gasteiger partial charge in [0.05, 0.1) is 12.0 Å². The molecule has 0 aromatic carbocycles. The quantitative estimate of drug-likeness (QED) is 0.608. The maximum absolute atomic E-state index is 12.8. The molecule has 0 radical (unpaired) electrons. The van der Waals surface area contributed by atoms with Crippen molar-refractivity contribution in [2.24, 2.45) is 0 Å². The van der Waals surface area contributed by atoms with Crippen LogP contribution >= 0.6 is 0 Å². The number of hydrogen-bond acceptors (Lipinski definition) is 4. The van der Waals surface area contributed by atoms with Gasteiger partial charge in [0.2, 0.25) is 0 Å². The number of nitrogens with one attached hydrogen (secondary N) is 1. The van der Waals surface area contributed by atoms with Crippen LogP contribution in [0.5, 0.6) is 0 Å². The highest BCUT2D eigenvalue weighted by molar-refractivity contribution is 5.94. The van der Waals surface area contributed by atoms with Crippen LogP contribution in [0.1, 0.15) is 28.0 Å². The molecule has 1 unspecified atom stereocenters. The van der Waals surface area contributed by atoms with E-state index in [1.807, 2.05) is 55.7 Å². The minimum atomic E-state index is -0.214. The largest absolute Gasteiger partial charge is 0.467 e. The lowest BCUT2D eigenvalue weighted by atomic mass is 10.2. The van der Waals surface area contributed by atoms with E-state index >= 15 is 0 Å². The van der Waals surface area contributed by atoms with Crippen LogP contribution in [-0.2, 0) is 0 Å². The lowest BCUT2D eigenvalue weighted by molar-refractivity contribution is 0.0941. The summed E-state index contributed by atoms with van der Waals surface area (Å²) in [4.78, 5) is 17.2. The molecule has 4 aromatic rings. The number of aryl methyl sites for hydroxylation is 1. The molecule has 0 saturated carbocycles. The predicted octanol–water partition coefficient (Wildman–Crippen LogP) is 2.45. The van der Waals surface area contributed by atoms with Gasteiger partial charge in [-0.15, -0.1) is 0 Å². The number of carbonyl (C=O) groups is 1. The molecule has 0 saturated heterocycles. The summed E-state index contributed by atoms with van der Waals surface area (Å²) in [5.41, 5.74) is 1.98. The topological polar surface area (TPSA) is 77.4 Å². The van der Waals surface area contributed by atoms with Crippen molar-refractivity contribution in [2.45, 2.75) is 13.0 Å². The zero-order valence-corrected chi connectivity index (χ0v) is 13.7. The second-order valence-corrected chi connectivity index (χ2v) is 5.70. The molecular formula is C18H17N5O2. The van der Waals surface area contributed by atoms with Crippen LogP contribution in [0, 0.1) is 6.92 Å². The van der Waals surface area contributed by atoms with E-state index in [0.29, 0.717) is 17.9 Å². The van der Waals surface area contributed by atoms with E-state index in [1.165, 1.54) is 0 Å². The van der Waals surface area contributed by atoms with Gasteiger partial charge < -0.3 is 9.73 Å². The molecular weight excluding hydrogens is 318 g/mol. The van der Waals surface area contributed by atoms with Crippen LogP contribution in [0.15, 0.2) is 65.7 Å². The lowest BCUT2D eigenvalue weighted by Crippen LogP contribution is -2.32. The van der Waals surface area contributed by atoms with Gasteiger partial charge in [-0.25, -0.2) is 4.98 Å². The molecule has 4 heterocycles. The Morgan fingerprint density at radius 3 is 2.92 bits per heavy atom. The number of pyridine rings is 1. The van der Waals surface area contributed by atoms with Gasteiger partial charge in [-0.05, 0) is 37.3 Å². The average molecular weight is 335 g/mol. The highest BCUT2D eigenvalue weighted by Crippen LogP contribution is 2.18. The van der Waals surface area contributed by atoms with Gasteiger partial charge in [0.15, 0.2) is 0 Å². The summed E-state index contributed by atoms with van der Waals surface area (Å²) in [6.45, 7) is 2.19. The predicted molar refractivity (Wildman–Crippen MR) is 91.3 cm³/mol. The summed E-state index contributed by atoms with van der Waals surface area (Å²) in [6.07, 6.45) is 7.00. The Labute approximate surface area is 143 Å². The van der Waals surface area contributed by atoms with Crippen molar-refractivity contribution in [2.75, 3.05) is 6.54 Å². The van der Waals surface area contributed by atoms with Crippen LogP contribution in [-0.4, -0.2) is 31.6 Å². The second-order valence-electron chi connectivity index (χ2n) is 5.70. The molecule has 1 atom stereocenters. The third-order valence-electron chi connectivity index (χ3n) is 4.09. The number of amides is 1. The minimum absolute atomic E-state index is 0.181. The fourth-order valence-electron chi connectivity index (χ4n) is 2.93.